The van der Waals surface area contributed by atoms with E-state index in [1.165, 1.54) is 4.31 Å². The number of nitrogens with zero attached hydrogens (tertiary/aromatic N) is 1. The summed E-state index contributed by atoms with van der Waals surface area (Å²) in [5.41, 5.74) is 0. The zero-order valence-electron chi connectivity index (χ0n) is 10.6. The lowest BCUT2D eigenvalue weighted by atomic mass is 10.1. The van der Waals surface area contributed by atoms with Crippen LogP contribution in [0, 0.1) is 0 Å². The highest BCUT2D eigenvalue weighted by Gasteiger charge is 2.44. The fourth-order valence-corrected chi connectivity index (χ4v) is 4.17. The van der Waals surface area contributed by atoms with Crippen LogP contribution in [0.25, 0.3) is 0 Å². The lowest BCUT2D eigenvalue weighted by molar-refractivity contribution is -0.179. The van der Waals surface area contributed by atoms with Crippen molar-refractivity contribution < 1.29 is 17.9 Å². The number of piperidine rings is 1. The first kappa shape index (κ1) is 13.1. The smallest absolute Gasteiger partial charge is 0.243 e. The Morgan fingerprint density at radius 2 is 1.79 bits per heavy atom. The van der Waals surface area contributed by atoms with Gasteiger partial charge in [-0.2, -0.15) is 4.31 Å². The van der Waals surface area contributed by atoms with E-state index in [0.717, 1.165) is 12.8 Å². The van der Waals surface area contributed by atoms with Crippen LogP contribution in [-0.2, 0) is 19.5 Å². The van der Waals surface area contributed by atoms with Crippen LogP contribution in [0.4, 0.5) is 0 Å². The predicted molar refractivity (Wildman–Crippen MR) is 69.1 cm³/mol. The van der Waals surface area contributed by atoms with Crippen molar-refractivity contribution in [1.29, 1.82) is 0 Å². The first-order valence-corrected chi connectivity index (χ1v) is 7.90. The molecule has 1 spiro atoms. The van der Waals surface area contributed by atoms with Gasteiger partial charge in [0.2, 0.25) is 10.0 Å². The molecule has 2 saturated heterocycles. The van der Waals surface area contributed by atoms with Gasteiger partial charge in [-0.05, 0) is 18.6 Å². The number of sulfonamides is 1. The SMILES string of the molecule is O=S(=O)(c1ccccc1)N1CCCC2(C1)OCCO2. The Labute approximate surface area is 113 Å². The summed E-state index contributed by atoms with van der Waals surface area (Å²) in [6.07, 6.45) is 1.51. The monoisotopic (exact) mass is 283 g/mol. The second-order valence-electron chi connectivity index (χ2n) is 4.86. The van der Waals surface area contributed by atoms with E-state index in [1.54, 1.807) is 30.3 Å². The molecule has 0 N–H and O–H groups in total. The number of hydrogen-bond donors (Lipinski definition) is 0. The largest absolute Gasteiger partial charge is 0.346 e. The van der Waals surface area contributed by atoms with Crippen molar-refractivity contribution >= 4 is 10.0 Å². The van der Waals surface area contributed by atoms with Crippen LogP contribution in [-0.4, -0.2) is 44.8 Å². The van der Waals surface area contributed by atoms with E-state index in [4.69, 9.17) is 9.47 Å². The third-order valence-corrected chi connectivity index (χ3v) is 5.44. The molecular formula is C13H17NO4S. The van der Waals surface area contributed by atoms with E-state index in [0.29, 0.717) is 24.7 Å². The minimum atomic E-state index is -3.45. The van der Waals surface area contributed by atoms with Crippen LogP contribution in [0.3, 0.4) is 0 Å². The second-order valence-corrected chi connectivity index (χ2v) is 6.80. The van der Waals surface area contributed by atoms with Crippen molar-refractivity contribution in [2.45, 2.75) is 23.5 Å². The number of benzene rings is 1. The summed E-state index contributed by atoms with van der Waals surface area (Å²) in [6.45, 7) is 1.88. The molecule has 5 nitrogen and oxygen atoms in total. The molecule has 0 amide bonds. The molecule has 2 aliphatic rings. The molecule has 19 heavy (non-hydrogen) atoms. The Kier molecular flexibility index (Phi) is 3.34. The van der Waals surface area contributed by atoms with Gasteiger partial charge in [0.05, 0.1) is 24.7 Å². The maximum Gasteiger partial charge on any atom is 0.243 e. The van der Waals surface area contributed by atoms with Crippen molar-refractivity contribution in [3.63, 3.8) is 0 Å². The van der Waals surface area contributed by atoms with Gasteiger partial charge in [-0.1, -0.05) is 18.2 Å². The molecule has 104 valence electrons. The van der Waals surface area contributed by atoms with Gasteiger partial charge < -0.3 is 9.47 Å². The summed E-state index contributed by atoms with van der Waals surface area (Å²) >= 11 is 0. The Morgan fingerprint density at radius 3 is 2.47 bits per heavy atom. The summed E-state index contributed by atoms with van der Waals surface area (Å²) in [5, 5.41) is 0. The van der Waals surface area contributed by atoms with Crippen LogP contribution >= 0.6 is 0 Å². The molecule has 3 rings (SSSR count). The predicted octanol–water partition coefficient (Wildman–Crippen LogP) is 1.21. The molecule has 2 aliphatic heterocycles. The average molecular weight is 283 g/mol. The molecule has 0 atom stereocenters. The van der Waals surface area contributed by atoms with Crippen LogP contribution in [0.5, 0.6) is 0 Å². The van der Waals surface area contributed by atoms with Crippen molar-refractivity contribution in [2.24, 2.45) is 0 Å². The van der Waals surface area contributed by atoms with Crippen LogP contribution in [0.2, 0.25) is 0 Å². The molecule has 0 unspecified atom stereocenters. The quantitative estimate of drug-likeness (QED) is 0.819. The minimum Gasteiger partial charge on any atom is -0.346 e. The Balaban J connectivity index is 1.85. The molecule has 2 fully saturated rings. The highest BCUT2D eigenvalue weighted by atomic mass is 32.2. The average Bonchev–Trinajstić information content (AvgIpc) is 2.88. The summed E-state index contributed by atoms with van der Waals surface area (Å²) in [7, 11) is -3.45. The lowest BCUT2D eigenvalue weighted by Crippen LogP contribution is -2.50. The molecule has 1 aromatic carbocycles. The molecule has 6 heteroatoms. The van der Waals surface area contributed by atoms with Gasteiger partial charge in [0.15, 0.2) is 5.79 Å². The molecular weight excluding hydrogens is 266 g/mol. The Hall–Kier alpha value is -0.950. The van der Waals surface area contributed by atoms with Gasteiger partial charge in [-0.3, -0.25) is 0 Å². The molecule has 0 saturated carbocycles. The van der Waals surface area contributed by atoms with Gasteiger partial charge in [-0.15, -0.1) is 0 Å². The Morgan fingerprint density at radius 1 is 1.11 bits per heavy atom. The van der Waals surface area contributed by atoms with E-state index in [-0.39, 0.29) is 6.54 Å². The number of rotatable bonds is 2. The van der Waals surface area contributed by atoms with E-state index in [9.17, 15) is 8.42 Å². The zero-order chi connectivity index (χ0) is 13.3. The summed E-state index contributed by atoms with van der Waals surface area (Å²) < 4.78 is 37.8. The van der Waals surface area contributed by atoms with E-state index < -0.39 is 15.8 Å². The van der Waals surface area contributed by atoms with Crippen molar-refractivity contribution in [3.8, 4) is 0 Å². The zero-order valence-corrected chi connectivity index (χ0v) is 11.4. The van der Waals surface area contributed by atoms with Gasteiger partial charge in [0.1, 0.15) is 0 Å². The first-order chi connectivity index (χ1) is 9.12. The Bertz CT molecular complexity index is 537. The molecule has 0 bridgehead atoms. The standard InChI is InChI=1S/C13H17NO4S/c15-19(16,12-5-2-1-3-6-12)14-8-4-7-13(11-14)17-9-10-18-13/h1-3,5-6H,4,7-11H2. The maximum absolute atomic E-state index is 12.5. The molecule has 2 heterocycles. The second kappa shape index (κ2) is 4.86. The number of hydrogen-bond acceptors (Lipinski definition) is 4. The highest BCUT2D eigenvalue weighted by molar-refractivity contribution is 7.89. The van der Waals surface area contributed by atoms with Crippen molar-refractivity contribution in [1.82, 2.24) is 4.31 Å². The molecule has 0 aromatic heterocycles. The van der Waals surface area contributed by atoms with E-state index in [1.807, 2.05) is 0 Å². The molecule has 1 aromatic rings. The summed E-state index contributed by atoms with van der Waals surface area (Å²) in [6, 6.07) is 8.50. The molecule has 0 aliphatic carbocycles. The van der Waals surface area contributed by atoms with E-state index in [2.05, 4.69) is 0 Å². The topological polar surface area (TPSA) is 55.8 Å². The molecule has 0 radical (unpaired) electrons. The van der Waals surface area contributed by atoms with Crippen LogP contribution < -0.4 is 0 Å². The first-order valence-electron chi connectivity index (χ1n) is 6.46. The minimum absolute atomic E-state index is 0.282. The van der Waals surface area contributed by atoms with Crippen LogP contribution in [0.15, 0.2) is 35.2 Å². The normalized spacial score (nSPS) is 23.8. The lowest BCUT2D eigenvalue weighted by Gasteiger charge is -2.37. The number of ether oxygens (including phenoxy) is 2. The fourth-order valence-electron chi connectivity index (χ4n) is 2.63. The van der Waals surface area contributed by atoms with Gasteiger partial charge in [0.25, 0.3) is 0 Å². The van der Waals surface area contributed by atoms with Crippen molar-refractivity contribution in [3.05, 3.63) is 30.3 Å². The fraction of sp³-hybridized carbons (Fsp3) is 0.538. The summed E-state index contributed by atoms with van der Waals surface area (Å²) in [4.78, 5) is 0.324. The maximum atomic E-state index is 12.5. The summed E-state index contributed by atoms with van der Waals surface area (Å²) in [5.74, 6) is -0.722. The third-order valence-electron chi connectivity index (χ3n) is 3.58. The van der Waals surface area contributed by atoms with Gasteiger partial charge in [-0.25, -0.2) is 8.42 Å². The van der Waals surface area contributed by atoms with E-state index >= 15 is 0 Å². The van der Waals surface area contributed by atoms with Crippen molar-refractivity contribution in [2.75, 3.05) is 26.3 Å². The van der Waals surface area contributed by atoms with Crippen LogP contribution in [0.1, 0.15) is 12.8 Å². The van der Waals surface area contributed by atoms with Gasteiger partial charge >= 0.3 is 0 Å². The third kappa shape index (κ3) is 2.41. The highest BCUT2D eigenvalue weighted by Crippen LogP contribution is 2.32. The van der Waals surface area contributed by atoms with Gasteiger partial charge in [0, 0.05) is 13.0 Å².